The average molecular weight is 370 g/mol. The Hall–Kier alpha value is -2.89. The summed E-state index contributed by atoms with van der Waals surface area (Å²) in [6.45, 7) is 5.96. The molecule has 144 valence electrons. The maximum atomic E-state index is 12.5. The van der Waals surface area contributed by atoms with E-state index in [1.807, 2.05) is 39.0 Å². The van der Waals surface area contributed by atoms with E-state index in [4.69, 9.17) is 4.74 Å². The van der Waals surface area contributed by atoms with Crippen molar-refractivity contribution in [2.75, 3.05) is 6.54 Å². The van der Waals surface area contributed by atoms with Crippen molar-refractivity contribution < 1.29 is 19.4 Å². The second-order valence-corrected chi connectivity index (χ2v) is 6.60. The fourth-order valence-electron chi connectivity index (χ4n) is 2.74. The second kappa shape index (κ2) is 9.16. The molecule has 6 heteroatoms. The lowest BCUT2D eigenvalue weighted by Gasteiger charge is -2.26. The van der Waals surface area contributed by atoms with Crippen LogP contribution in [-0.4, -0.2) is 28.5 Å². The lowest BCUT2D eigenvalue weighted by Crippen LogP contribution is -2.42. The van der Waals surface area contributed by atoms with Crippen molar-refractivity contribution in [1.29, 1.82) is 0 Å². The molecule has 2 aromatic rings. The first-order chi connectivity index (χ1) is 12.9. The first-order valence-electron chi connectivity index (χ1n) is 9.06. The van der Waals surface area contributed by atoms with Crippen LogP contribution in [0, 0.1) is 12.3 Å². The number of carbonyl (C=O) groups is 2. The van der Waals surface area contributed by atoms with Gasteiger partial charge in [-0.1, -0.05) is 26.0 Å². The van der Waals surface area contributed by atoms with Crippen molar-refractivity contribution in [1.82, 2.24) is 10.3 Å². The van der Waals surface area contributed by atoms with Crippen LogP contribution in [0.3, 0.4) is 0 Å². The van der Waals surface area contributed by atoms with Crippen LogP contribution in [0.5, 0.6) is 5.75 Å². The highest BCUT2D eigenvalue weighted by atomic mass is 16.5. The van der Waals surface area contributed by atoms with E-state index in [9.17, 15) is 14.7 Å². The van der Waals surface area contributed by atoms with E-state index in [1.54, 1.807) is 24.4 Å². The van der Waals surface area contributed by atoms with Gasteiger partial charge in [0.25, 0.3) is 5.91 Å². The van der Waals surface area contributed by atoms with Crippen LogP contribution < -0.4 is 10.1 Å². The third kappa shape index (κ3) is 5.29. The first-order valence-corrected chi connectivity index (χ1v) is 9.06. The van der Waals surface area contributed by atoms with Crippen LogP contribution >= 0.6 is 0 Å². The van der Waals surface area contributed by atoms with E-state index in [-0.39, 0.29) is 12.5 Å². The Labute approximate surface area is 159 Å². The lowest BCUT2D eigenvalue weighted by atomic mass is 9.82. The Morgan fingerprint density at radius 1 is 1.19 bits per heavy atom. The molecule has 0 fully saturated rings. The van der Waals surface area contributed by atoms with Crippen molar-refractivity contribution >= 4 is 11.9 Å². The predicted octanol–water partition coefficient (Wildman–Crippen LogP) is 3.59. The molecule has 0 spiro atoms. The average Bonchev–Trinajstić information content (AvgIpc) is 2.68. The molecule has 0 aliphatic rings. The Balaban J connectivity index is 2.00. The van der Waals surface area contributed by atoms with Crippen LogP contribution in [0.2, 0.25) is 0 Å². The van der Waals surface area contributed by atoms with Gasteiger partial charge in [0.05, 0.1) is 11.6 Å². The van der Waals surface area contributed by atoms with E-state index in [0.717, 1.165) is 11.3 Å². The summed E-state index contributed by atoms with van der Waals surface area (Å²) < 4.78 is 5.69. The first kappa shape index (κ1) is 20.4. The summed E-state index contributed by atoms with van der Waals surface area (Å²) in [6, 6.07) is 10.8. The Morgan fingerprint density at radius 3 is 2.52 bits per heavy atom. The van der Waals surface area contributed by atoms with Gasteiger partial charge >= 0.3 is 5.97 Å². The zero-order valence-electron chi connectivity index (χ0n) is 16.0. The number of aliphatic carboxylic acids is 1. The van der Waals surface area contributed by atoms with Gasteiger partial charge in [-0.15, -0.1) is 0 Å². The van der Waals surface area contributed by atoms with Gasteiger partial charge in [0.15, 0.2) is 0 Å². The van der Waals surface area contributed by atoms with Crippen LogP contribution in [0.1, 0.15) is 48.3 Å². The summed E-state index contributed by atoms with van der Waals surface area (Å²) in [6.07, 6.45) is 2.57. The van der Waals surface area contributed by atoms with E-state index in [2.05, 4.69) is 10.3 Å². The Kier molecular flexibility index (Phi) is 6.93. The third-order valence-electron chi connectivity index (χ3n) is 4.87. The summed E-state index contributed by atoms with van der Waals surface area (Å²) in [5.41, 5.74) is 1.30. The largest absolute Gasteiger partial charge is 0.487 e. The molecule has 0 atom stereocenters. The molecule has 27 heavy (non-hydrogen) atoms. The topological polar surface area (TPSA) is 88.5 Å². The number of ether oxygens (including phenoxy) is 1. The number of pyridine rings is 1. The summed E-state index contributed by atoms with van der Waals surface area (Å²) in [4.78, 5) is 28.2. The standard InChI is InChI=1S/C21H26N2O4/c1-4-21(5-2,20(25)26)14-23-19(24)17-8-6-7-16(11-17)13-27-18-10-9-15(3)22-12-18/h6-12H,4-5,13-14H2,1-3H3,(H,23,24)(H,25,26). The van der Waals surface area contributed by atoms with Gasteiger partial charge in [0, 0.05) is 17.8 Å². The molecule has 1 aromatic carbocycles. The van der Waals surface area contributed by atoms with Gasteiger partial charge in [-0.2, -0.15) is 0 Å². The van der Waals surface area contributed by atoms with Gasteiger partial charge < -0.3 is 15.2 Å². The monoisotopic (exact) mass is 370 g/mol. The molecule has 6 nitrogen and oxygen atoms in total. The van der Waals surface area contributed by atoms with Crippen molar-refractivity contribution in [3.8, 4) is 5.75 Å². The smallest absolute Gasteiger partial charge is 0.311 e. The Morgan fingerprint density at radius 2 is 1.93 bits per heavy atom. The Bertz CT molecular complexity index is 783. The van der Waals surface area contributed by atoms with E-state index < -0.39 is 11.4 Å². The molecule has 2 N–H and O–H groups in total. The van der Waals surface area contributed by atoms with Crippen LogP contribution in [-0.2, 0) is 11.4 Å². The number of aryl methyl sites for hydroxylation is 1. The van der Waals surface area contributed by atoms with E-state index >= 15 is 0 Å². The number of rotatable bonds is 9. The van der Waals surface area contributed by atoms with Gasteiger partial charge in [0.2, 0.25) is 0 Å². The fraction of sp³-hybridized carbons (Fsp3) is 0.381. The highest BCUT2D eigenvalue weighted by Gasteiger charge is 2.35. The number of nitrogens with one attached hydrogen (secondary N) is 1. The number of carboxylic acids is 1. The molecular weight excluding hydrogens is 344 g/mol. The minimum Gasteiger partial charge on any atom is -0.487 e. The molecule has 1 amide bonds. The fourth-order valence-corrected chi connectivity index (χ4v) is 2.74. The summed E-state index contributed by atoms with van der Waals surface area (Å²) >= 11 is 0. The highest BCUT2D eigenvalue weighted by Crippen LogP contribution is 2.25. The molecule has 0 radical (unpaired) electrons. The molecular formula is C21H26N2O4. The minimum atomic E-state index is -0.936. The maximum Gasteiger partial charge on any atom is 0.311 e. The SMILES string of the molecule is CCC(CC)(CNC(=O)c1cccc(COc2ccc(C)nc2)c1)C(=O)O. The number of carboxylic acid groups (broad SMARTS) is 1. The summed E-state index contributed by atoms with van der Waals surface area (Å²) in [7, 11) is 0. The van der Waals surface area contributed by atoms with Crippen LogP contribution in [0.25, 0.3) is 0 Å². The highest BCUT2D eigenvalue weighted by molar-refractivity contribution is 5.94. The molecule has 2 rings (SSSR count). The summed E-state index contributed by atoms with van der Waals surface area (Å²) in [5.74, 6) is -0.518. The van der Waals surface area contributed by atoms with Crippen LogP contribution in [0.4, 0.5) is 0 Å². The quantitative estimate of drug-likeness (QED) is 0.704. The van der Waals surface area contributed by atoms with Crippen molar-refractivity contribution in [3.63, 3.8) is 0 Å². The zero-order chi connectivity index (χ0) is 19.9. The molecule has 1 heterocycles. The number of aromatic nitrogens is 1. The number of hydrogen-bond acceptors (Lipinski definition) is 4. The minimum absolute atomic E-state index is 0.101. The van der Waals surface area contributed by atoms with E-state index in [0.29, 0.717) is 30.8 Å². The zero-order valence-corrected chi connectivity index (χ0v) is 16.0. The van der Waals surface area contributed by atoms with Gasteiger partial charge in [0.1, 0.15) is 12.4 Å². The molecule has 0 bridgehead atoms. The lowest BCUT2D eigenvalue weighted by molar-refractivity contribution is -0.149. The number of amides is 1. The van der Waals surface area contributed by atoms with Crippen LogP contribution in [0.15, 0.2) is 42.6 Å². The predicted molar refractivity (Wildman–Crippen MR) is 103 cm³/mol. The molecule has 0 aliphatic heterocycles. The summed E-state index contributed by atoms with van der Waals surface area (Å²) in [5, 5.41) is 12.2. The molecule has 0 saturated heterocycles. The number of hydrogen-bond donors (Lipinski definition) is 2. The molecule has 0 unspecified atom stereocenters. The van der Waals surface area contributed by atoms with Gasteiger partial charge in [-0.3, -0.25) is 14.6 Å². The molecule has 1 aromatic heterocycles. The van der Waals surface area contributed by atoms with Gasteiger partial charge in [-0.05, 0) is 49.6 Å². The van der Waals surface area contributed by atoms with Crippen molar-refractivity contribution in [2.24, 2.45) is 5.41 Å². The van der Waals surface area contributed by atoms with E-state index in [1.165, 1.54) is 0 Å². The van der Waals surface area contributed by atoms with Gasteiger partial charge in [-0.25, -0.2) is 0 Å². The number of nitrogens with zero attached hydrogens (tertiary/aromatic N) is 1. The number of carbonyl (C=O) groups excluding carboxylic acids is 1. The molecule has 0 aliphatic carbocycles. The molecule has 0 saturated carbocycles. The van der Waals surface area contributed by atoms with Crippen molar-refractivity contribution in [3.05, 3.63) is 59.4 Å². The normalized spacial score (nSPS) is 11.1. The second-order valence-electron chi connectivity index (χ2n) is 6.60. The maximum absolute atomic E-state index is 12.5. The number of benzene rings is 1. The van der Waals surface area contributed by atoms with Crippen molar-refractivity contribution in [2.45, 2.75) is 40.2 Å². The third-order valence-corrected chi connectivity index (χ3v) is 4.87.